The lowest BCUT2D eigenvalue weighted by atomic mass is 10.0. The second kappa shape index (κ2) is 7.30. The van der Waals surface area contributed by atoms with Gasteiger partial charge in [0.05, 0.1) is 23.0 Å². The largest absolute Gasteiger partial charge is 0.491 e. The minimum atomic E-state index is -3.86. The summed E-state index contributed by atoms with van der Waals surface area (Å²) in [7, 11) is -3.86. The van der Waals surface area contributed by atoms with E-state index < -0.39 is 28.6 Å². The van der Waals surface area contributed by atoms with E-state index in [-0.39, 0.29) is 17.9 Å². The van der Waals surface area contributed by atoms with Crippen molar-refractivity contribution in [3.05, 3.63) is 54.1 Å². The number of carbonyl (C=O) groups is 1. The number of rotatable bonds is 6. The number of anilines is 1. The van der Waals surface area contributed by atoms with Crippen LogP contribution in [-0.4, -0.2) is 32.8 Å². The summed E-state index contributed by atoms with van der Waals surface area (Å²) in [6.07, 6.45) is -0.243. The molecular formula is C17H17FN2O5S. The smallest absolute Gasteiger partial charge is 0.265 e. The van der Waals surface area contributed by atoms with Crippen LogP contribution in [0.2, 0.25) is 0 Å². The first-order valence-electron chi connectivity index (χ1n) is 7.84. The van der Waals surface area contributed by atoms with Crippen LogP contribution in [0.15, 0.2) is 53.4 Å². The van der Waals surface area contributed by atoms with Crippen LogP contribution >= 0.6 is 0 Å². The van der Waals surface area contributed by atoms with E-state index in [1.807, 2.05) is 0 Å². The van der Waals surface area contributed by atoms with Crippen LogP contribution in [0.4, 0.5) is 10.1 Å². The van der Waals surface area contributed by atoms with Crippen molar-refractivity contribution in [3.63, 3.8) is 0 Å². The number of sulfonamides is 1. The summed E-state index contributed by atoms with van der Waals surface area (Å²) in [5.41, 5.74) is 2.36. The Hall–Kier alpha value is -2.65. The Bertz CT molecular complexity index is 902. The van der Waals surface area contributed by atoms with E-state index in [2.05, 4.69) is 0 Å². The molecule has 3 rings (SSSR count). The molecule has 9 heteroatoms. The summed E-state index contributed by atoms with van der Waals surface area (Å²) in [6, 6.07) is 11.8. The highest BCUT2D eigenvalue weighted by molar-refractivity contribution is 7.93. The SMILES string of the molecule is O=C(CC1c2ccccc2S(=O)(=O)N1c1ccc(OCCF)cc1)NO. The van der Waals surface area contributed by atoms with Crippen molar-refractivity contribution in [1.82, 2.24) is 5.48 Å². The minimum absolute atomic E-state index is 0.0912. The van der Waals surface area contributed by atoms with Gasteiger partial charge in [0.1, 0.15) is 19.0 Å². The molecule has 0 aliphatic carbocycles. The maximum Gasteiger partial charge on any atom is 0.265 e. The molecule has 1 atom stereocenters. The van der Waals surface area contributed by atoms with Gasteiger partial charge in [0.15, 0.2) is 0 Å². The standard InChI is InChI=1S/C17H17FN2O5S/c18-9-10-25-13-7-5-12(6-8-13)20-15(11-17(21)19-22)14-3-1-2-4-16(14)26(20,23)24/h1-8,15,22H,9-11H2,(H,19,21). The monoisotopic (exact) mass is 380 g/mol. The molecule has 7 nitrogen and oxygen atoms in total. The zero-order chi connectivity index (χ0) is 18.7. The molecule has 138 valence electrons. The van der Waals surface area contributed by atoms with E-state index >= 15 is 0 Å². The number of hydrogen-bond donors (Lipinski definition) is 2. The summed E-state index contributed by atoms with van der Waals surface area (Å²) in [4.78, 5) is 11.8. The van der Waals surface area contributed by atoms with E-state index in [9.17, 15) is 17.6 Å². The zero-order valence-corrected chi connectivity index (χ0v) is 14.4. The van der Waals surface area contributed by atoms with E-state index in [1.165, 1.54) is 35.8 Å². The lowest BCUT2D eigenvalue weighted by molar-refractivity contribution is -0.129. The molecule has 2 aromatic rings. The second-order valence-corrected chi connectivity index (χ2v) is 7.41. The Morgan fingerprint density at radius 3 is 2.54 bits per heavy atom. The predicted octanol–water partition coefficient (Wildman–Crippen LogP) is 2.18. The van der Waals surface area contributed by atoms with Crippen molar-refractivity contribution < 1.29 is 27.5 Å². The number of nitrogens with zero attached hydrogens (tertiary/aromatic N) is 1. The number of ether oxygens (including phenoxy) is 1. The maximum atomic E-state index is 13.0. The highest BCUT2D eigenvalue weighted by Crippen LogP contribution is 2.44. The van der Waals surface area contributed by atoms with Gasteiger partial charge >= 0.3 is 0 Å². The molecular weight excluding hydrogens is 363 g/mol. The van der Waals surface area contributed by atoms with Gasteiger partial charge in [-0.05, 0) is 35.9 Å². The van der Waals surface area contributed by atoms with Crippen LogP contribution in [0.3, 0.4) is 0 Å². The van der Waals surface area contributed by atoms with E-state index in [4.69, 9.17) is 9.94 Å². The molecule has 0 bridgehead atoms. The Labute approximate surface area is 150 Å². The van der Waals surface area contributed by atoms with Crippen molar-refractivity contribution in [2.75, 3.05) is 17.6 Å². The number of alkyl halides is 1. The summed E-state index contributed by atoms with van der Waals surface area (Å²) >= 11 is 0. The van der Waals surface area contributed by atoms with Crippen LogP contribution in [0.1, 0.15) is 18.0 Å². The topological polar surface area (TPSA) is 95.9 Å². The fourth-order valence-corrected chi connectivity index (χ4v) is 4.86. The number of nitrogens with one attached hydrogen (secondary N) is 1. The Morgan fingerprint density at radius 1 is 1.19 bits per heavy atom. The number of halogens is 1. The number of amides is 1. The third-order valence-electron chi connectivity index (χ3n) is 4.04. The molecule has 0 radical (unpaired) electrons. The molecule has 1 heterocycles. The molecule has 2 N–H and O–H groups in total. The van der Waals surface area contributed by atoms with Gasteiger partial charge in [0.2, 0.25) is 5.91 Å². The molecule has 26 heavy (non-hydrogen) atoms. The maximum absolute atomic E-state index is 13.0. The quantitative estimate of drug-likeness (QED) is 0.592. The van der Waals surface area contributed by atoms with Crippen LogP contribution in [0, 0.1) is 0 Å². The molecule has 1 amide bonds. The Kier molecular flexibility index (Phi) is 5.10. The Morgan fingerprint density at radius 2 is 1.88 bits per heavy atom. The molecule has 2 aromatic carbocycles. The molecule has 1 aliphatic rings. The summed E-state index contributed by atoms with van der Waals surface area (Å²) in [5, 5.41) is 8.83. The van der Waals surface area contributed by atoms with Gasteiger partial charge in [0, 0.05) is 0 Å². The third-order valence-corrected chi connectivity index (χ3v) is 5.95. The highest BCUT2D eigenvalue weighted by atomic mass is 32.2. The Balaban J connectivity index is 2.01. The summed E-state index contributed by atoms with van der Waals surface area (Å²) < 4.78 is 44.4. The van der Waals surface area contributed by atoms with Gasteiger partial charge in [-0.2, -0.15) is 0 Å². The number of fused-ring (bicyclic) bond motifs is 1. The third kappa shape index (κ3) is 3.23. The molecule has 0 saturated heterocycles. The van der Waals surface area contributed by atoms with Crippen LogP contribution < -0.4 is 14.5 Å². The summed E-state index contributed by atoms with van der Waals surface area (Å²) in [5.74, 6) is -0.292. The van der Waals surface area contributed by atoms with Gasteiger partial charge in [0.25, 0.3) is 10.0 Å². The predicted molar refractivity (Wildman–Crippen MR) is 91.3 cm³/mol. The minimum Gasteiger partial charge on any atom is -0.491 e. The van der Waals surface area contributed by atoms with Gasteiger partial charge in [-0.1, -0.05) is 18.2 Å². The van der Waals surface area contributed by atoms with E-state index in [0.29, 0.717) is 17.0 Å². The molecule has 0 saturated carbocycles. The average Bonchev–Trinajstić information content (AvgIpc) is 2.87. The average molecular weight is 380 g/mol. The summed E-state index contributed by atoms with van der Waals surface area (Å²) in [6.45, 7) is -0.720. The van der Waals surface area contributed by atoms with Crippen molar-refractivity contribution in [2.45, 2.75) is 17.4 Å². The lowest BCUT2D eigenvalue weighted by Gasteiger charge is -2.25. The molecule has 0 spiro atoms. The second-order valence-electron chi connectivity index (χ2n) is 5.62. The van der Waals surface area contributed by atoms with Gasteiger partial charge in [-0.15, -0.1) is 0 Å². The van der Waals surface area contributed by atoms with Crippen LogP contribution in [-0.2, 0) is 14.8 Å². The molecule has 1 unspecified atom stereocenters. The van der Waals surface area contributed by atoms with Crippen LogP contribution in [0.5, 0.6) is 5.75 Å². The van der Waals surface area contributed by atoms with Gasteiger partial charge in [-0.25, -0.2) is 18.3 Å². The van der Waals surface area contributed by atoms with E-state index in [1.54, 1.807) is 18.2 Å². The number of carbonyl (C=O) groups excluding carboxylic acids is 1. The zero-order valence-electron chi connectivity index (χ0n) is 13.6. The molecule has 0 aromatic heterocycles. The number of benzene rings is 2. The number of hydrogen-bond acceptors (Lipinski definition) is 5. The van der Waals surface area contributed by atoms with Gasteiger partial charge < -0.3 is 4.74 Å². The van der Waals surface area contributed by atoms with E-state index in [0.717, 1.165) is 4.31 Å². The first-order valence-corrected chi connectivity index (χ1v) is 9.28. The van der Waals surface area contributed by atoms with Crippen LogP contribution in [0.25, 0.3) is 0 Å². The fraction of sp³-hybridized carbons (Fsp3) is 0.235. The normalized spacial score (nSPS) is 17.6. The lowest BCUT2D eigenvalue weighted by Crippen LogP contribution is -2.32. The van der Waals surface area contributed by atoms with Crippen molar-refractivity contribution in [1.29, 1.82) is 0 Å². The fourth-order valence-electron chi connectivity index (χ4n) is 2.97. The van der Waals surface area contributed by atoms with Gasteiger partial charge in [-0.3, -0.25) is 14.3 Å². The number of hydroxylamine groups is 1. The van der Waals surface area contributed by atoms with Crippen molar-refractivity contribution >= 4 is 21.6 Å². The first-order chi connectivity index (χ1) is 12.5. The van der Waals surface area contributed by atoms with Crippen molar-refractivity contribution in [3.8, 4) is 5.75 Å². The molecule has 0 fully saturated rings. The first kappa shape index (κ1) is 18.2. The van der Waals surface area contributed by atoms with Crippen molar-refractivity contribution in [2.24, 2.45) is 0 Å². The highest BCUT2D eigenvalue weighted by Gasteiger charge is 2.43. The molecule has 1 aliphatic heterocycles.